The Kier molecular flexibility index (Phi) is 6.34. The zero-order valence-corrected chi connectivity index (χ0v) is 13.1. The molecule has 0 saturated heterocycles. The van der Waals surface area contributed by atoms with Crippen LogP contribution >= 0.6 is 0 Å². The Morgan fingerprint density at radius 1 is 1.15 bits per heavy atom. The fourth-order valence-electron chi connectivity index (χ4n) is 3.96. The van der Waals surface area contributed by atoms with Crippen molar-refractivity contribution in [3.63, 3.8) is 0 Å². The van der Waals surface area contributed by atoms with Gasteiger partial charge in [-0.3, -0.25) is 4.79 Å². The van der Waals surface area contributed by atoms with E-state index in [9.17, 15) is 4.79 Å². The van der Waals surface area contributed by atoms with E-state index in [4.69, 9.17) is 5.73 Å². The van der Waals surface area contributed by atoms with Gasteiger partial charge in [0.25, 0.3) is 0 Å². The minimum absolute atomic E-state index is 0.252. The van der Waals surface area contributed by atoms with Gasteiger partial charge in [0.1, 0.15) is 0 Å². The Bertz CT molecular complexity index is 305. The van der Waals surface area contributed by atoms with Gasteiger partial charge in [0.2, 0.25) is 5.91 Å². The maximum atomic E-state index is 12.0. The molecule has 0 aromatic carbocycles. The molecule has 0 bridgehead atoms. The molecule has 116 valence electrons. The molecule has 1 amide bonds. The Balaban J connectivity index is 1.60. The number of carbonyl (C=O) groups excluding carboxylic acids is 1. The molecule has 3 nitrogen and oxygen atoms in total. The third kappa shape index (κ3) is 5.08. The minimum Gasteiger partial charge on any atom is -0.356 e. The maximum Gasteiger partial charge on any atom is 0.220 e. The second kappa shape index (κ2) is 8.02. The molecule has 0 spiro atoms. The van der Waals surface area contributed by atoms with Gasteiger partial charge in [-0.05, 0) is 43.4 Å². The molecule has 0 aromatic heterocycles. The van der Waals surface area contributed by atoms with E-state index < -0.39 is 0 Å². The lowest BCUT2D eigenvalue weighted by Crippen LogP contribution is -2.34. The normalized spacial score (nSPS) is 34.7. The summed E-state index contributed by atoms with van der Waals surface area (Å²) in [6, 6.07) is 0.375. The van der Waals surface area contributed by atoms with E-state index >= 15 is 0 Å². The number of rotatable bonds is 5. The van der Waals surface area contributed by atoms with Crippen LogP contribution in [-0.2, 0) is 4.79 Å². The highest BCUT2D eigenvalue weighted by atomic mass is 16.1. The quantitative estimate of drug-likeness (QED) is 0.812. The van der Waals surface area contributed by atoms with Crippen molar-refractivity contribution in [1.82, 2.24) is 5.32 Å². The largest absolute Gasteiger partial charge is 0.356 e. The van der Waals surface area contributed by atoms with Crippen molar-refractivity contribution in [2.24, 2.45) is 23.5 Å². The molecule has 4 atom stereocenters. The highest BCUT2D eigenvalue weighted by Gasteiger charge is 2.22. The highest BCUT2D eigenvalue weighted by molar-refractivity contribution is 5.75. The third-order valence-electron chi connectivity index (χ3n) is 5.45. The van der Waals surface area contributed by atoms with Crippen molar-refractivity contribution < 1.29 is 4.79 Å². The Morgan fingerprint density at radius 3 is 2.70 bits per heavy atom. The molecule has 0 aliphatic heterocycles. The van der Waals surface area contributed by atoms with Crippen LogP contribution in [-0.4, -0.2) is 18.5 Å². The molecule has 20 heavy (non-hydrogen) atoms. The summed E-state index contributed by atoms with van der Waals surface area (Å²) in [5, 5.41) is 3.16. The zero-order chi connectivity index (χ0) is 14.4. The van der Waals surface area contributed by atoms with E-state index in [0.717, 1.165) is 25.3 Å². The van der Waals surface area contributed by atoms with Gasteiger partial charge in [-0.15, -0.1) is 0 Å². The lowest BCUT2D eigenvalue weighted by Gasteiger charge is -2.29. The minimum atomic E-state index is 0.252. The molecule has 2 aliphatic rings. The molecule has 0 heterocycles. The predicted molar refractivity (Wildman–Crippen MR) is 83.3 cm³/mol. The van der Waals surface area contributed by atoms with Crippen LogP contribution in [0.4, 0.5) is 0 Å². The SMILES string of the molecule is CC1CCCCC1CNC(=O)CCC1CCCC(N)C1. The summed E-state index contributed by atoms with van der Waals surface area (Å²) in [5.74, 6) is 2.41. The van der Waals surface area contributed by atoms with Crippen LogP contribution in [0.3, 0.4) is 0 Å². The predicted octanol–water partition coefficient (Wildman–Crippen LogP) is 3.23. The number of amides is 1. The van der Waals surface area contributed by atoms with Gasteiger partial charge >= 0.3 is 0 Å². The summed E-state index contributed by atoms with van der Waals surface area (Å²) in [5.41, 5.74) is 6.00. The molecular weight excluding hydrogens is 248 g/mol. The van der Waals surface area contributed by atoms with Crippen LogP contribution in [0.5, 0.6) is 0 Å². The fourth-order valence-corrected chi connectivity index (χ4v) is 3.96. The van der Waals surface area contributed by atoms with Crippen molar-refractivity contribution in [3.05, 3.63) is 0 Å². The van der Waals surface area contributed by atoms with Crippen molar-refractivity contribution in [2.45, 2.75) is 77.2 Å². The van der Waals surface area contributed by atoms with Gasteiger partial charge in [0.15, 0.2) is 0 Å². The summed E-state index contributed by atoms with van der Waals surface area (Å²) in [7, 11) is 0. The van der Waals surface area contributed by atoms with E-state index in [1.54, 1.807) is 0 Å². The number of hydrogen-bond donors (Lipinski definition) is 2. The van der Waals surface area contributed by atoms with Crippen LogP contribution in [0.25, 0.3) is 0 Å². The fraction of sp³-hybridized carbons (Fsp3) is 0.941. The summed E-state index contributed by atoms with van der Waals surface area (Å²) in [6.45, 7) is 3.23. The Morgan fingerprint density at radius 2 is 1.95 bits per heavy atom. The van der Waals surface area contributed by atoms with Crippen LogP contribution in [0.15, 0.2) is 0 Å². The summed E-state index contributed by atoms with van der Waals surface area (Å²) in [4.78, 5) is 12.0. The molecule has 0 aromatic rings. The van der Waals surface area contributed by atoms with Crippen molar-refractivity contribution in [3.8, 4) is 0 Å². The summed E-state index contributed by atoms with van der Waals surface area (Å²) in [6.07, 6.45) is 11.8. The van der Waals surface area contributed by atoms with Gasteiger partial charge in [-0.1, -0.05) is 39.0 Å². The van der Waals surface area contributed by atoms with E-state index in [1.807, 2.05) is 0 Å². The van der Waals surface area contributed by atoms with Gasteiger partial charge in [0, 0.05) is 19.0 Å². The molecule has 2 saturated carbocycles. The molecule has 2 fully saturated rings. The average Bonchev–Trinajstić information content (AvgIpc) is 2.44. The number of nitrogens with two attached hydrogens (primary N) is 1. The van der Waals surface area contributed by atoms with E-state index in [0.29, 0.717) is 24.3 Å². The third-order valence-corrected chi connectivity index (χ3v) is 5.45. The van der Waals surface area contributed by atoms with E-state index in [1.165, 1.54) is 44.9 Å². The summed E-state index contributed by atoms with van der Waals surface area (Å²) < 4.78 is 0. The van der Waals surface area contributed by atoms with Gasteiger partial charge in [-0.25, -0.2) is 0 Å². The molecule has 2 rings (SSSR count). The van der Waals surface area contributed by atoms with Crippen LogP contribution < -0.4 is 11.1 Å². The Hall–Kier alpha value is -0.570. The van der Waals surface area contributed by atoms with Gasteiger partial charge in [-0.2, -0.15) is 0 Å². The monoisotopic (exact) mass is 280 g/mol. The number of nitrogens with one attached hydrogen (secondary N) is 1. The first-order valence-corrected chi connectivity index (χ1v) is 8.67. The van der Waals surface area contributed by atoms with Crippen molar-refractivity contribution in [1.29, 1.82) is 0 Å². The molecule has 4 unspecified atom stereocenters. The van der Waals surface area contributed by atoms with Crippen LogP contribution in [0.1, 0.15) is 71.1 Å². The lowest BCUT2D eigenvalue weighted by atomic mass is 9.80. The summed E-state index contributed by atoms with van der Waals surface area (Å²) >= 11 is 0. The second-order valence-electron chi connectivity index (χ2n) is 7.16. The molecule has 3 N–H and O–H groups in total. The van der Waals surface area contributed by atoms with Crippen molar-refractivity contribution >= 4 is 5.91 Å². The van der Waals surface area contributed by atoms with E-state index in [2.05, 4.69) is 12.2 Å². The number of hydrogen-bond acceptors (Lipinski definition) is 2. The first-order chi connectivity index (χ1) is 9.65. The lowest BCUT2D eigenvalue weighted by molar-refractivity contribution is -0.121. The molecule has 2 aliphatic carbocycles. The number of carbonyl (C=O) groups is 1. The van der Waals surface area contributed by atoms with E-state index in [-0.39, 0.29) is 5.91 Å². The average molecular weight is 280 g/mol. The molecule has 3 heteroatoms. The maximum absolute atomic E-state index is 12.0. The van der Waals surface area contributed by atoms with Crippen LogP contribution in [0.2, 0.25) is 0 Å². The van der Waals surface area contributed by atoms with Crippen LogP contribution in [0, 0.1) is 17.8 Å². The van der Waals surface area contributed by atoms with Crippen molar-refractivity contribution in [2.75, 3.05) is 6.54 Å². The molecular formula is C17H32N2O. The first kappa shape index (κ1) is 15.8. The Labute approximate surface area is 124 Å². The second-order valence-corrected chi connectivity index (χ2v) is 7.16. The molecule has 0 radical (unpaired) electrons. The topological polar surface area (TPSA) is 55.1 Å². The highest BCUT2D eigenvalue weighted by Crippen LogP contribution is 2.29. The smallest absolute Gasteiger partial charge is 0.220 e. The zero-order valence-electron chi connectivity index (χ0n) is 13.1. The first-order valence-electron chi connectivity index (χ1n) is 8.67. The van der Waals surface area contributed by atoms with Gasteiger partial charge < -0.3 is 11.1 Å². The standard InChI is InChI=1S/C17H32N2O/c1-13-5-2-3-7-15(13)12-19-17(20)10-9-14-6-4-8-16(18)11-14/h13-16H,2-12,18H2,1H3,(H,19,20). The van der Waals surface area contributed by atoms with Gasteiger partial charge in [0.05, 0.1) is 0 Å².